The van der Waals surface area contributed by atoms with Crippen LogP contribution in [0.3, 0.4) is 0 Å². The molecule has 1 rings (SSSR count). The molecule has 0 bridgehead atoms. The van der Waals surface area contributed by atoms with Crippen molar-refractivity contribution in [3.8, 4) is 5.75 Å². The van der Waals surface area contributed by atoms with Crippen LogP contribution >= 0.6 is 15.9 Å². The maximum Gasteiger partial charge on any atom is 0.120 e. The zero-order valence-corrected chi connectivity index (χ0v) is 8.56. The van der Waals surface area contributed by atoms with Crippen LogP contribution in [-0.2, 0) is 6.54 Å². The third kappa shape index (κ3) is 2.50. The number of hydrogen-bond acceptors (Lipinski definition) is 2. The lowest BCUT2D eigenvalue weighted by atomic mass is 10.2. The van der Waals surface area contributed by atoms with Crippen molar-refractivity contribution in [2.24, 2.45) is 0 Å². The molecule has 3 heteroatoms. The summed E-state index contributed by atoms with van der Waals surface area (Å²) < 4.78 is 0.994. The van der Waals surface area contributed by atoms with Gasteiger partial charge < -0.3 is 10.4 Å². The molecule has 1 aromatic rings. The Morgan fingerprint density at radius 3 is 2.92 bits per heavy atom. The van der Waals surface area contributed by atoms with E-state index in [-0.39, 0.29) is 0 Å². The van der Waals surface area contributed by atoms with E-state index >= 15 is 0 Å². The van der Waals surface area contributed by atoms with Gasteiger partial charge >= 0.3 is 0 Å². The third-order valence-electron chi connectivity index (χ3n) is 1.61. The number of halogens is 1. The standard InChI is InChI=1S/C9H12BrNO/c1-2-11-6-7-5-8(10)3-4-9(7)12/h3-5,11-12H,2,6H2,1H3. The summed E-state index contributed by atoms with van der Waals surface area (Å²) in [4.78, 5) is 0. The van der Waals surface area contributed by atoms with Gasteiger partial charge in [-0.25, -0.2) is 0 Å². The summed E-state index contributed by atoms with van der Waals surface area (Å²) in [5, 5.41) is 12.6. The van der Waals surface area contributed by atoms with Crippen molar-refractivity contribution in [2.75, 3.05) is 6.54 Å². The first kappa shape index (κ1) is 9.55. The summed E-state index contributed by atoms with van der Waals surface area (Å²) >= 11 is 3.35. The molecule has 0 radical (unpaired) electrons. The molecule has 0 aliphatic heterocycles. The van der Waals surface area contributed by atoms with Gasteiger partial charge in [-0.05, 0) is 24.7 Å². The van der Waals surface area contributed by atoms with E-state index in [0.29, 0.717) is 12.3 Å². The number of aromatic hydroxyl groups is 1. The van der Waals surface area contributed by atoms with Gasteiger partial charge in [0.05, 0.1) is 0 Å². The molecule has 0 saturated heterocycles. The second-order valence-electron chi connectivity index (χ2n) is 2.55. The van der Waals surface area contributed by atoms with Crippen molar-refractivity contribution < 1.29 is 5.11 Å². The van der Waals surface area contributed by atoms with Crippen LogP contribution in [-0.4, -0.2) is 11.7 Å². The molecule has 0 spiro atoms. The van der Waals surface area contributed by atoms with Crippen LogP contribution in [0.1, 0.15) is 12.5 Å². The van der Waals surface area contributed by atoms with Gasteiger partial charge in [0.25, 0.3) is 0 Å². The molecule has 0 saturated carbocycles. The maximum atomic E-state index is 9.40. The van der Waals surface area contributed by atoms with Gasteiger partial charge in [-0.15, -0.1) is 0 Å². The van der Waals surface area contributed by atoms with Crippen molar-refractivity contribution in [1.29, 1.82) is 0 Å². The van der Waals surface area contributed by atoms with E-state index in [1.54, 1.807) is 6.07 Å². The summed E-state index contributed by atoms with van der Waals surface area (Å²) in [7, 11) is 0. The van der Waals surface area contributed by atoms with Crippen LogP contribution in [0.2, 0.25) is 0 Å². The quantitative estimate of drug-likeness (QED) is 0.834. The van der Waals surface area contributed by atoms with E-state index in [4.69, 9.17) is 0 Å². The third-order valence-corrected chi connectivity index (χ3v) is 2.10. The first-order valence-corrected chi connectivity index (χ1v) is 4.71. The molecule has 0 amide bonds. The molecule has 0 aromatic heterocycles. The molecule has 0 heterocycles. The van der Waals surface area contributed by atoms with Gasteiger partial charge in [0.1, 0.15) is 5.75 Å². The largest absolute Gasteiger partial charge is 0.508 e. The van der Waals surface area contributed by atoms with Crippen LogP contribution in [0.15, 0.2) is 22.7 Å². The van der Waals surface area contributed by atoms with Gasteiger partial charge in [0.2, 0.25) is 0 Å². The van der Waals surface area contributed by atoms with E-state index in [9.17, 15) is 5.11 Å². The minimum absolute atomic E-state index is 0.346. The minimum Gasteiger partial charge on any atom is -0.508 e. The molecule has 1 aromatic carbocycles. The second kappa shape index (κ2) is 4.48. The molecule has 2 N–H and O–H groups in total. The SMILES string of the molecule is CCNCc1cc(Br)ccc1O. The highest BCUT2D eigenvalue weighted by atomic mass is 79.9. The number of hydrogen-bond donors (Lipinski definition) is 2. The first-order chi connectivity index (χ1) is 5.74. The lowest BCUT2D eigenvalue weighted by Gasteiger charge is -2.04. The molecule has 0 unspecified atom stereocenters. The molecule has 66 valence electrons. The Balaban J connectivity index is 2.75. The summed E-state index contributed by atoms with van der Waals surface area (Å²) in [6, 6.07) is 5.43. The van der Waals surface area contributed by atoms with E-state index in [0.717, 1.165) is 16.6 Å². The highest BCUT2D eigenvalue weighted by molar-refractivity contribution is 9.10. The Labute approximate surface area is 80.7 Å². The maximum absolute atomic E-state index is 9.40. The molecule has 0 aliphatic carbocycles. The minimum atomic E-state index is 0.346. The Morgan fingerprint density at radius 1 is 1.50 bits per heavy atom. The van der Waals surface area contributed by atoms with Crippen LogP contribution in [0.25, 0.3) is 0 Å². The molecular weight excluding hydrogens is 218 g/mol. The van der Waals surface area contributed by atoms with Crippen LogP contribution < -0.4 is 5.32 Å². The molecule has 12 heavy (non-hydrogen) atoms. The number of nitrogens with one attached hydrogen (secondary N) is 1. The number of benzene rings is 1. The summed E-state index contributed by atoms with van der Waals surface area (Å²) in [6.07, 6.45) is 0. The predicted octanol–water partition coefficient (Wildman–Crippen LogP) is 2.26. The normalized spacial score (nSPS) is 10.2. The Hall–Kier alpha value is -0.540. The highest BCUT2D eigenvalue weighted by Gasteiger charge is 1.99. The first-order valence-electron chi connectivity index (χ1n) is 3.92. The summed E-state index contributed by atoms with van der Waals surface area (Å²) in [5.74, 6) is 0.346. The Kier molecular flexibility index (Phi) is 3.56. The van der Waals surface area contributed by atoms with E-state index in [1.165, 1.54) is 0 Å². The topological polar surface area (TPSA) is 32.3 Å². The summed E-state index contributed by atoms with van der Waals surface area (Å²) in [6.45, 7) is 3.66. The van der Waals surface area contributed by atoms with Crippen molar-refractivity contribution in [1.82, 2.24) is 5.32 Å². The number of phenols is 1. The average molecular weight is 230 g/mol. The molecule has 0 aliphatic rings. The van der Waals surface area contributed by atoms with Crippen LogP contribution in [0, 0.1) is 0 Å². The van der Waals surface area contributed by atoms with Gasteiger partial charge in [-0.2, -0.15) is 0 Å². The van der Waals surface area contributed by atoms with Gasteiger partial charge in [0.15, 0.2) is 0 Å². The Morgan fingerprint density at radius 2 is 2.25 bits per heavy atom. The van der Waals surface area contributed by atoms with Gasteiger partial charge in [-0.3, -0.25) is 0 Å². The predicted molar refractivity (Wildman–Crippen MR) is 53.2 cm³/mol. The van der Waals surface area contributed by atoms with Crippen LogP contribution in [0.4, 0.5) is 0 Å². The van der Waals surface area contributed by atoms with Crippen molar-refractivity contribution >= 4 is 15.9 Å². The molecule has 0 atom stereocenters. The van der Waals surface area contributed by atoms with Gasteiger partial charge in [0, 0.05) is 16.6 Å². The van der Waals surface area contributed by atoms with E-state index in [1.807, 2.05) is 19.1 Å². The highest BCUT2D eigenvalue weighted by Crippen LogP contribution is 2.21. The second-order valence-corrected chi connectivity index (χ2v) is 3.47. The average Bonchev–Trinajstić information content (AvgIpc) is 2.07. The van der Waals surface area contributed by atoms with E-state index in [2.05, 4.69) is 21.2 Å². The lowest BCUT2D eigenvalue weighted by molar-refractivity contribution is 0.465. The lowest BCUT2D eigenvalue weighted by Crippen LogP contribution is -2.11. The number of phenolic OH excluding ortho intramolecular Hbond substituents is 1. The fourth-order valence-corrected chi connectivity index (χ4v) is 1.36. The fraction of sp³-hybridized carbons (Fsp3) is 0.333. The number of rotatable bonds is 3. The summed E-state index contributed by atoms with van der Waals surface area (Å²) in [5.41, 5.74) is 0.922. The monoisotopic (exact) mass is 229 g/mol. The zero-order chi connectivity index (χ0) is 8.97. The molecule has 0 fully saturated rings. The van der Waals surface area contributed by atoms with Crippen molar-refractivity contribution in [3.63, 3.8) is 0 Å². The van der Waals surface area contributed by atoms with Gasteiger partial charge in [-0.1, -0.05) is 22.9 Å². The smallest absolute Gasteiger partial charge is 0.120 e. The zero-order valence-electron chi connectivity index (χ0n) is 6.97. The van der Waals surface area contributed by atoms with Crippen LogP contribution in [0.5, 0.6) is 5.75 Å². The van der Waals surface area contributed by atoms with E-state index < -0.39 is 0 Å². The fourth-order valence-electron chi connectivity index (χ4n) is 0.955. The Bertz CT molecular complexity index is 263. The van der Waals surface area contributed by atoms with Crippen molar-refractivity contribution in [3.05, 3.63) is 28.2 Å². The van der Waals surface area contributed by atoms with Crippen molar-refractivity contribution in [2.45, 2.75) is 13.5 Å². The molecular formula is C9H12BrNO. The molecule has 2 nitrogen and oxygen atoms in total.